The lowest BCUT2D eigenvalue weighted by Gasteiger charge is -2.08. The number of rotatable bonds is 3. The van der Waals surface area contributed by atoms with Crippen molar-refractivity contribution in [2.45, 2.75) is 5.56 Å². The Kier molecular flexibility index (Phi) is 3.47. The molecule has 0 radical (unpaired) electrons. The van der Waals surface area contributed by atoms with Gasteiger partial charge in [0.15, 0.2) is 5.56 Å². The molecule has 0 saturated heterocycles. The summed E-state index contributed by atoms with van der Waals surface area (Å²) >= 11 is 5.62. The third-order valence-corrected chi connectivity index (χ3v) is 2.38. The van der Waals surface area contributed by atoms with Gasteiger partial charge >= 0.3 is 0 Å². The van der Waals surface area contributed by atoms with Crippen LogP contribution in [0, 0.1) is 5.82 Å². The number of alkyl halides is 1. The van der Waals surface area contributed by atoms with Crippen LogP contribution in [0.15, 0.2) is 24.3 Å². The first-order chi connectivity index (χ1) is 6.38. The van der Waals surface area contributed by atoms with Crippen molar-refractivity contribution < 1.29 is 17.0 Å². The maximum Gasteiger partial charge on any atom is 0.266 e. The molecule has 0 saturated carbocycles. The zero-order valence-electron chi connectivity index (χ0n) is 7.28. The zero-order valence-corrected chi connectivity index (χ0v) is 8.85. The molecule has 0 heterocycles. The molecule has 1 unspecified atom stereocenters. The zero-order chi connectivity index (χ0) is 10.8. The van der Waals surface area contributed by atoms with E-state index in [2.05, 4.69) is 4.18 Å². The molecule has 0 bridgehead atoms. The third kappa shape index (κ3) is 3.61. The Balaban J connectivity index is 2.80. The Morgan fingerprint density at radius 1 is 1.36 bits per heavy atom. The normalized spacial score (nSPS) is 13.9. The van der Waals surface area contributed by atoms with Crippen LogP contribution >= 0.6 is 11.6 Å². The quantitative estimate of drug-likeness (QED) is 0.598. The van der Waals surface area contributed by atoms with E-state index in [-0.39, 0.29) is 0 Å². The maximum atomic E-state index is 12.5. The SMILES string of the molecule is CS(=O)(=O)OC(Cl)c1ccc(F)cc1. The minimum absolute atomic E-state index is 0.387. The lowest BCUT2D eigenvalue weighted by atomic mass is 10.2. The highest BCUT2D eigenvalue weighted by atomic mass is 35.5. The molecule has 1 atom stereocenters. The van der Waals surface area contributed by atoms with Gasteiger partial charge in [0.25, 0.3) is 10.1 Å². The number of halogens is 2. The molecular weight excluding hydrogens is 231 g/mol. The van der Waals surface area contributed by atoms with E-state index in [1.807, 2.05) is 0 Å². The number of benzene rings is 1. The van der Waals surface area contributed by atoms with Crippen molar-refractivity contribution in [3.8, 4) is 0 Å². The third-order valence-electron chi connectivity index (χ3n) is 1.39. The second-order valence-corrected chi connectivity index (χ2v) is 4.67. The first-order valence-corrected chi connectivity index (χ1v) is 5.91. The summed E-state index contributed by atoms with van der Waals surface area (Å²) in [5.74, 6) is -0.419. The van der Waals surface area contributed by atoms with Crippen molar-refractivity contribution in [3.05, 3.63) is 35.6 Å². The highest BCUT2D eigenvalue weighted by Gasteiger charge is 2.14. The Morgan fingerprint density at radius 2 is 1.86 bits per heavy atom. The van der Waals surface area contributed by atoms with Crippen LogP contribution in [0.1, 0.15) is 11.1 Å². The van der Waals surface area contributed by atoms with E-state index in [9.17, 15) is 12.8 Å². The van der Waals surface area contributed by atoms with E-state index >= 15 is 0 Å². The lowest BCUT2D eigenvalue weighted by Crippen LogP contribution is -2.05. The average molecular weight is 239 g/mol. The van der Waals surface area contributed by atoms with Crippen LogP contribution in [0.25, 0.3) is 0 Å². The van der Waals surface area contributed by atoms with Crippen LogP contribution in [0.2, 0.25) is 0 Å². The molecule has 0 fully saturated rings. The molecule has 0 amide bonds. The number of hydrogen-bond acceptors (Lipinski definition) is 3. The summed E-state index contributed by atoms with van der Waals surface area (Å²) in [6, 6.07) is 5.07. The van der Waals surface area contributed by atoms with Gasteiger partial charge in [0.1, 0.15) is 5.82 Å². The Bertz CT molecular complexity index is 401. The second-order valence-electron chi connectivity index (χ2n) is 2.67. The van der Waals surface area contributed by atoms with E-state index in [0.29, 0.717) is 5.56 Å². The summed E-state index contributed by atoms with van der Waals surface area (Å²) in [6.45, 7) is 0. The predicted molar refractivity (Wildman–Crippen MR) is 50.9 cm³/mol. The van der Waals surface area contributed by atoms with Gasteiger partial charge < -0.3 is 0 Å². The molecule has 1 aromatic carbocycles. The van der Waals surface area contributed by atoms with Crippen molar-refractivity contribution in [2.24, 2.45) is 0 Å². The van der Waals surface area contributed by atoms with E-state index in [4.69, 9.17) is 11.6 Å². The first kappa shape index (κ1) is 11.4. The van der Waals surface area contributed by atoms with Crippen LogP contribution in [0.3, 0.4) is 0 Å². The van der Waals surface area contributed by atoms with Gasteiger partial charge in [-0.15, -0.1) is 0 Å². The van der Waals surface area contributed by atoms with Gasteiger partial charge in [-0.05, 0) is 17.7 Å². The molecule has 78 valence electrons. The molecule has 1 rings (SSSR count). The van der Waals surface area contributed by atoms with E-state index in [1.165, 1.54) is 24.3 Å². The molecule has 14 heavy (non-hydrogen) atoms. The van der Waals surface area contributed by atoms with Crippen molar-refractivity contribution in [3.63, 3.8) is 0 Å². The van der Waals surface area contributed by atoms with Gasteiger partial charge in [0.05, 0.1) is 6.26 Å². The first-order valence-electron chi connectivity index (χ1n) is 3.66. The Labute approximate surface area is 86.6 Å². The Morgan fingerprint density at radius 3 is 2.29 bits per heavy atom. The molecule has 1 aromatic rings. The molecule has 0 aliphatic rings. The summed E-state index contributed by atoms with van der Waals surface area (Å²) in [6.07, 6.45) is 0.895. The van der Waals surface area contributed by atoms with Gasteiger partial charge in [-0.2, -0.15) is 8.42 Å². The molecule has 0 aliphatic heterocycles. The summed E-state index contributed by atoms with van der Waals surface area (Å²) in [5, 5.41) is 0. The van der Waals surface area contributed by atoms with Crippen LogP contribution in [-0.4, -0.2) is 14.7 Å². The fourth-order valence-electron chi connectivity index (χ4n) is 0.823. The van der Waals surface area contributed by atoms with Crippen molar-refractivity contribution in [2.75, 3.05) is 6.26 Å². The predicted octanol–water partition coefficient (Wildman–Crippen LogP) is 2.04. The van der Waals surface area contributed by atoms with Crippen LogP contribution in [0.4, 0.5) is 4.39 Å². The summed E-state index contributed by atoms with van der Waals surface area (Å²) < 4.78 is 38.4. The Hall–Kier alpha value is -0.650. The van der Waals surface area contributed by atoms with E-state index in [1.54, 1.807) is 0 Å². The molecule has 0 aromatic heterocycles. The van der Waals surface area contributed by atoms with Gasteiger partial charge in [-0.25, -0.2) is 8.57 Å². The topological polar surface area (TPSA) is 43.4 Å². The van der Waals surface area contributed by atoms with E-state index < -0.39 is 21.5 Å². The van der Waals surface area contributed by atoms with Gasteiger partial charge in [0, 0.05) is 0 Å². The minimum Gasteiger partial charge on any atom is -0.246 e. The molecular formula is C8H8ClFO3S. The maximum absolute atomic E-state index is 12.5. The highest BCUT2D eigenvalue weighted by Crippen LogP contribution is 2.23. The molecule has 0 aliphatic carbocycles. The fraction of sp³-hybridized carbons (Fsp3) is 0.250. The molecule has 0 N–H and O–H groups in total. The van der Waals surface area contributed by atoms with E-state index in [0.717, 1.165) is 6.26 Å². The molecule has 0 spiro atoms. The second kappa shape index (κ2) is 4.25. The lowest BCUT2D eigenvalue weighted by molar-refractivity contribution is 0.295. The summed E-state index contributed by atoms with van der Waals surface area (Å²) in [7, 11) is -3.61. The largest absolute Gasteiger partial charge is 0.266 e. The molecule has 6 heteroatoms. The number of hydrogen-bond donors (Lipinski definition) is 0. The highest BCUT2D eigenvalue weighted by molar-refractivity contribution is 7.86. The van der Waals surface area contributed by atoms with Gasteiger partial charge in [-0.1, -0.05) is 23.7 Å². The van der Waals surface area contributed by atoms with Gasteiger partial charge in [-0.3, -0.25) is 0 Å². The summed E-state index contributed by atoms with van der Waals surface area (Å²) in [4.78, 5) is 0. The average Bonchev–Trinajstić information content (AvgIpc) is 2.02. The standard InChI is InChI=1S/C8H8ClFO3S/c1-14(11,12)13-8(9)6-2-4-7(10)5-3-6/h2-5,8H,1H3. The fourth-order valence-corrected chi connectivity index (χ4v) is 1.78. The van der Waals surface area contributed by atoms with Gasteiger partial charge in [0.2, 0.25) is 0 Å². The van der Waals surface area contributed by atoms with Crippen molar-refractivity contribution in [1.82, 2.24) is 0 Å². The van der Waals surface area contributed by atoms with Crippen molar-refractivity contribution in [1.29, 1.82) is 0 Å². The monoisotopic (exact) mass is 238 g/mol. The van der Waals surface area contributed by atoms with Crippen LogP contribution in [0.5, 0.6) is 0 Å². The van der Waals surface area contributed by atoms with Crippen molar-refractivity contribution >= 4 is 21.7 Å². The smallest absolute Gasteiger partial charge is 0.246 e. The summed E-state index contributed by atoms with van der Waals surface area (Å²) in [5.41, 5.74) is -0.732. The van der Waals surface area contributed by atoms with Crippen LogP contribution < -0.4 is 0 Å². The minimum atomic E-state index is -3.61. The molecule has 3 nitrogen and oxygen atoms in total. The van der Waals surface area contributed by atoms with Crippen LogP contribution in [-0.2, 0) is 14.3 Å².